The lowest BCUT2D eigenvalue weighted by Crippen LogP contribution is -2.28. The van der Waals surface area contributed by atoms with E-state index in [1.807, 2.05) is 0 Å². The lowest BCUT2D eigenvalue weighted by Gasteiger charge is -2.12. The molecule has 5 nitrogen and oxygen atoms in total. The molecule has 1 N–H and O–H groups in total. The minimum Gasteiger partial charge on any atom is -0.494 e. The van der Waals surface area contributed by atoms with Gasteiger partial charge in [0.25, 0.3) is 0 Å². The van der Waals surface area contributed by atoms with Crippen LogP contribution in [0.3, 0.4) is 0 Å². The van der Waals surface area contributed by atoms with E-state index < -0.39 is 17.7 Å². The summed E-state index contributed by atoms with van der Waals surface area (Å²) in [5.41, 5.74) is 0.538. The van der Waals surface area contributed by atoms with Crippen molar-refractivity contribution in [3.05, 3.63) is 35.7 Å². The number of rotatable bonds is 4. The molecule has 1 aromatic rings. The minimum absolute atomic E-state index is 0. The van der Waals surface area contributed by atoms with Gasteiger partial charge in [-0.15, -0.1) is 12.4 Å². The van der Waals surface area contributed by atoms with Crippen LogP contribution in [0.15, 0.2) is 24.3 Å². The van der Waals surface area contributed by atoms with Crippen molar-refractivity contribution in [1.29, 1.82) is 0 Å². The molecule has 22 heavy (non-hydrogen) atoms. The first-order valence-corrected chi connectivity index (χ1v) is 6.54. The van der Waals surface area contributed by atoms with Crippen molar-refractivity contribution in [2.24, 2.45) is 5.92 Å². The van der Waals surface area contributed by atoms with E-state index in [2.05, 4.69) is 0 Å². The summed E-state index contributed by atoms with van der Waals surface area (Å²) in [4.78, 5) is 24.2. The highest BCUT2D eigenvalue weighted by Crippen LogP contribution is 2.19. The predicted octanol–water partition coefficient (Wildman–Crippen LogP) is 2.20. The highest BCUT2D eigenvalue weighted by atomic mass is 35.5. The predicted molar refractivity (Wildman–Crippen MR) is 81.6 cm³/mol. The number of hydrogen-bond donors (Lipinski definition) is 1. The molecule has 0 saturated carbocycles. The molecular formula is C15H17ClFNO4. The van der Waals surface area contributed by atoms with Crippen LogP contribution in [-0.2, 0) is 9.59 Å². The number of carboxylic acid groups (broad SMARTS) is 1. The first-order chi connectivity index (χ1) is 10.0. The fourth-order valence-corrected chi connectivity index (χ4v) is 2.22. The zero-order valence-corrected chi connectivity index (χ0v) is 12.8. The Morgan fingerprint density at radius 2 is 2.18 bits per heavy atom. The molecule has 2 rings (SSSR count). The van der Waals surface area contributed by atoms with Crippen molar-refractivity contribution >= 4 is 30.4 Å². The highest BCUT2D eigenvalue weighted by molar-refractivity contribution is 5.92. The molecule has 0 radical (unpaired) electrons. The van der Waals surface area contributed by atoms with Crippen LogP contribution in [-0.4, -0.2) is 42.1 Å². The summed E-state index contributed by atoms with van der Waals surface area (Å²) in [6.45, 7) is 0.645. The zero-order chi connectivity index (χ0) is 15.4. The second-order valence-corrected chi connectivity index (χ2v) is 4.84. The molecule has 0 aliphatic carbocycles. The summed E-state index contributed by atoms with van der Waals surface area (Å²) in [7, 11) is 1.38. The van der Waals surface area contributed by atoms with Gasteiger partial charge in [0.05, 0.1) is 13.0 Å². The van der Waals surface area contributed by atoms with E-state index in [9.17, 15) is 14.0 Å². The molecule has 120 valence electrons. The third-order valence-electron chi connectivity index (χ3n) is 3.44. The fourth-order valence-electron chi connectivity index (χ4n) is 2.22. The summed E-state index contributed by atoms with van der Waals surface area (Å²) in [6, 6.07) is 4.39. The Hall–Kier alpha value is -2.08. The van der Waals surface area contributed by atoms with E-state index in [1.54, 1.807) is 6.07 Å². The van der Waals surface area contributed by atoms with Crippen molar-refractivity contribution in [2.45, 2.75) is 6.42 Å². The summed E-state index contributed by atoms with van der Waals surface area (Å²) >= 11 is 0. The Morgan fingerprint density at radius 3 is 2.73 bits per heavy atom. The minimum atomic E-state index is -0.883. The van der Waals surface area contributed by atoms with E-state index in [4.69, 9.17) is 9.84 Å². The Labute approximate surface area is 133 Å². The van der Waals surface area contributed by atoms with Gasteiger partial charge in [-0.25, -0.2) is 4.39 Å². The number of methoxy groups -OCH3 is 1. The van der Waals surface area contributed by atoms with Gasteiger partial charge >= 0.3 is 5.97 Å². The largest absolute Gasteiger partial charge is 0.494 e. The first kappa shape index (κ1) is 18.0. The topological polar surface area (TPSA) is 66.8 Å². The summed E-state index contributed by atoms with van der Waals surface area (Å²) < 4.78 is 18.3. The van der Waals surface area contributed by atoms with Gasteiger partial charge in [0.1, 0.15) is 0 Å². The molecule has 1 atom stereocenters. The molecule has 0 spiro atoms. The summed E-state index contributed by atoms with van der Waals surface area (Å²) in [5, 5.41) is 8.89. The van der Waals surface area contributed by atoms with Gasteiger partial charge in [-0.3, -0.25) is 9.59 Å². The number of aliphatic carboxylic acids is 1. The molecular weight excluding hydrogens is 313 g/mol. The monoisotopic (exact) mass is 329 g/mol. The van der Waals surface area contributed by atoms with Crippen LogP contribution in [0.2, 0.25) is 0 Å². The van der Waals surface area contributed by atoms with Crippen molar-refractivity contribution < 1.29 is 23.8 Å². The number of halogens is 2. The first-order valence-electron chi connectivity index (χ1n) is 6.54. The van der Waals surface area contributed by atoms with Gasteiger partial charge in [0, 0.05) is 19.2 Å². The molecule has 1 heterocycles. The summed E-state index contributed by atoms with van der Waals surface area (Å²) in [6.07, 6.45) is 3.29. The van der Waals surface area contributed by atoms with E-state index in [-0.39, 0.29) is 30.6 Å². The Morgan fingerprint density at radius 1 is 1.45 bits per heavy atom. The van der Waals surface area contributed by atoms with Crippen molar-refractivity contribution in [2.75, 3.05) is 20.2 Å². The number of benzene rings is 1. The Balaban J connectivity index is 0.00000242. The lowest BCUT2D eigenvalue weighted by molar-refractivity contribution is -0.141. The van der Waals surface area contributed by atoms with Crippen LogP contribution in [0, 0.1) is 11.7 Å². The highest BCUT2D eigenvalue weighted by Gasteiger charge is 2.29. The maximum Gasteiger partial charge on any atom is 0.308 e. The second kappa shape index (κ2) is 7.79. The summed E-state index contributed by atoms with van der Waals surface area (Å²) in [5.74, 6) is -2.01. The number of carbonyl (C=O) groups excluding carboxylic acids is 1. The Kier molecular flexibility index (Phi) is 6.37. The quantitative estimate of drug-likeness (QED) is 0.860. The van der Waals surface area contributed by atoms with Crippen molar-refractivity contribution in [3.63, 3.8) is 0 Å². The number of ether oxygens (including phenoxy) is 1. The Bertz CT molecular complexity index is 591. The number of carboxylic acids is 1. The molecule has 1 aliphatic heterocycles. The molecule has 1 saturated heterocycles. The lowest BCUT2D eigenvalue weighted by atomic mass is 10.1. The molecule has 1 fully saturated rings. The van der Waals surface area contributed by atoms with E-state index in [0.29, 0.717) is 18.5 Å². The van der Waals surface area contributed by atoms with E-state index >= 15 is 0 Å². The van der Waals surface area contributed by atoms with Crippen LogP contribution >= 0.6 is 12.4 Å². The van der Waals surface area contributed by atoms with Crippen LogP contribution < -0.4 is 4.74 Å². The molecule has 1 unspecified atom stereocenters. The third-order valence-corrected chi connectivity index (χ3v) is 3.44. The number of carbonyl (C=O) groups is 2. The zero-order valence-electron chi connectivity index (χ0n) is 12.0. The molecule has 1 amide bonds. The fraction of sp³-hybridized carbons (Fsp3) is 0.333. The standard InChI is InChI=1S/C15H16FNO4.ClH/c1-21-13-4-2-10(8-12(13)16)3-5-14(18)17-7-6-11(9-17)15(19)20;/h2-5,8,11H,6-7,9H2,1H3,(H,19,20);1H. The van der Waals surface area contributed by atoms with Gasteiger partial charge in [-0.2, -0.15) is 0 Å². The van der Waals surface area contributed by atoms with Gasteiger partial charge in [0.2, 0.25) is 5.91 Å². The van der Waals surface area contributed by atoms with Crippen LogP contribution in [0.25, 0.3) is 6.08 Å². The maximum atomic E-state index is 13.5. The molecule has 0 aromatic heterocycles. The van der Waals surface area contributed by atoms with Crippen LogP contribution in [0.4, 0.5) is 4.39 Å². The normalized spacial score (nSPS) is 17.4. The van der Waals surface area contributed by atoms with Crippen molar-refractivity contribution in [1.82, 2.24) is 4.90 Å². The number of amides is 1. The number of likely N-dealkylation sites (tertiary alicyclic amines) is 1. The molecule has 7 heteroatoms. The van der Waals surface area contributed by atoms with E-state index in [0.717, 1.165) is 0 Å². The molecule has 1 aromatic carbocycles. The second-order valence-electron chi connectivity index (χ2n) is 4.84. The molecule has 1 aliphatic rings. The van der Waals surface area contributed by atoms with Gasteiger partial charge in [0.15, 0.2) is 11.6 Å². The number of hydrogen-bond acceptors (Lipinski definition) is 3. The van der Waals surface area contributed by atoms with Crippen LogP contribution in [0.1, 0.15) is 12.0 Å². The van der Waals surface area contributed by atoms with Crippen LogP contribution in [0.5, 0.6) is 5.75 Å². The van der Waals surface area contributed by atoms with Gasteiger partial charge < -0.3 is 14.7 Å². The van der Waals surface area contributed by atoms with Gasteiger partial charge in [-0.05, 0) is 30.2 Å². The average Bonchev–Trinajstić information content (AvgIpc) is 2.95. The SMILES string of the molecule is COc1ccc(C=CC(=O)N2CCC(C(=O)O)C2)cc1F.Cl. The number of nitrogens with zero attached hydrogens (tertiary/aromatic N) is 1. The van der Waals surface area contributed by atoms with Gasteiger partial charge in [-0.1, -0.05) is 6.07 Å². The average molecular weight is 330 g/mol. The third kappa shape index (κ3) is 4.21. The van der Waals surface area contributed by atoms with Crippen molar-refractivity contribution in [3.8, 4) is 5.75 Å². The maximum absolute atomic E-state index is 13.5. The van der Waals surface area contributed by atoms with E-state index in [1.165, 1.54) is 36.3 Å². The smallest absolute Gasteiger partial charge is 0.308 e. The molecule has 0 bridgehead atoms.